The van der Waals surface area contributed by atoms with Crippen LogP contribution in [0.2, 0.25) is 5.02 Å². The average Bonchev–Trinajstić information content (AvgIpc) is 2.71. The summed E-state index contributed by atoms with van der Waals surface area (Å²) in [7, 11) is 0. The standard InChI is InChI=1S/C20H15ClF3NO7/c1-2-30-18(26)4-3-9-31-19(27)14-11-13(6-7-16(14)25(28)29)32-17-8-5-12(10-15(17)21)20(22,23)24/h3-8,10-11H,2,9H2,1H3/b4-3+. The molecule has 2 aromatic carbocycles. The molecule has 0 aliphatic carbocycles. The summed E-state index contributed by atoms with van der Waals surface area (Å²) in [5.41, 5.74) is -2.05. The van der Waals surface area contributed by atoms with Crippen molar-refractivity contribution in [1.29, 1.82) is 0 Å². The van der Waals surface area contributed by atoms with Gasteiger partial charge in [0.25, 0.3) is 5.69 Å². The topological polar surface area (TPSA) is 105 Å². The summed E-state index contributed by atoms with van der Waals surface area (Å²) in [6.07, 6.45) is -2.39. The third-order valence-electron chi connectivity index (χ3n) is 3.72. The Bertz CT molecular complexity index is 1050. The largest absolute Gasteiger partial charge is 0.463 e. The number of alkyl halides is 3. The lowest BCUT2D eigenvalue weighted by atomic mass is 10.1. The maximum absolute atomic E-state index is 12.8. The molecular weight excluding hydrogens is 459 g/mol. The summed E-state index contributed by atoms with van der Waals surface area (Å²) in [5.74, 6) is -2.01. The molecule has 8 nitrogen and oxygen atoms in total. The van der Waals surface area contributed by atoms with E-state index in [1.54, 1.807) is 6.92 Å². The normalized spacial score (nSPS) is 11.3. The molecule has 0 saturated heterocycles. The Hall–Kier alpha value is -3.60. The first-order valence-corrected chi connectivity index (χ1v) is 9.24. The number of carbonyl (C=O) groups is 2. The Labute approximate surface area is 184 Å². The van der Waals surface area contributed by atoms with Gasteiger partial charge in [-0.1, -0.05) is 11.6 Å². The van der Waals surface area contributed by atoms with Gasteiger partial charge in [-0.05, 0) is 37.3 Å². The third-order valence-corrected chi connectivity index (χ3v) is 4.02. The maximum Gasteiger partial charge on any atom is 0.416 e. The summed E-state index contributed by atoms with van der Waals surface area (Å²) in [5, 5.41) is 10.9. The number of nitro groups is 1. The van der Waals surface area contributed by atoms with Gasteiger partial charge in [0.05, 0.1) is 22.1 Å². The van der Waals surface area contributed by atoms with Crippen LogP contribution < -0.4 is 4.74 Å². The van der Waals surface area contributed by atoms with Gasteiger partial charge in [0, 0.05) is 18.2 Å². The van der Waals surface area contributed by atoms with Crippen LogP contribution in [0.1, 0.15) is 22.8 Å². The molecular formula is C20H15ClF3NO7. The number of nitro benzene ring substituents is 1. The van der Waals surface area contributed by atoms with Gasteiger partial charge >= 0.3 is 18.1 Å². The predicted molar refractivity (Wildman–Crippen MR) is 106 cm³/mol. The summed E-state index contributed by atoms with van der Waals surface area (Å²) < 4.78 is 53.2. The quantitative estimate of drug-likeness (QED) is 0.221. The summed E-state index contributed by atoms with van der Waals surface area (Å²) in [6, 6.07) is 5.49. The van der Waals surface area contributed by atoms with E-state index >= 15 is 0 Å². The van der Waals surface area contributed by atoms with Crippen LogP contribution in [0.5, 0.6) is 11.5 Å². The molecule has 0 fully saturated rings. The summed E-state index contributed by atoms with van der Waals surface area (Å²) in [4.78, 5) is 33.9. The van der Waals surface area contributed by atoms with E-state index in [0.717, 1.165) is 36.4 Å². The highest BCUT2D eigenvalue weighted by Gasteiger charge is 2.31. The smallest absolute Gasteiger partial charge is 0.416 e. The molecule has 0 amide bonds. The monoisotopic (exact) mass is 473 g/mol. The van der Waals surface area contributed by atoms with Crippen molar-refractivity contribution in [2.24, 2.45) is 0 Å². The number of rotatable bonds is 8. The fraction of sp³-hybridized carbons (Fsp3) is 0.200. The van der Waals surface area contributed by atoms with E-state index < -0.39 is 39.9 Å². The average molecular weight is 474 g/mol. The van der Waals surface area contributed by atoms with Crippen LogP contribution >= 0.6 is 11.6 Å². The summed E-state index contributed by atoms with van der Waals surface area (Å²) >= 11 is 5.83. The second-order valence-electron chi connectivity index (χ2n) is 5.93. The van der Waals surface area contributed by atoms with Crippen molar-refractivity contribution in [1.82, 2.24) is 0 Å². The van der Waals surface area contributed by atoms with Gasteiger partial charge in [-0.25, -0.2) is 9.59 Å². The Balaban J connectivity index is 2.21. The van der Waals surface area contributed by atoms with Crippen LogP contribution in [0, 0.1) is 10.1 Å². The molecule has 0 aliphatic rings. The molecule has 0 saturated carbocycles. The molecule has 0 aromatic heterocycles. The third kappa shape index (κ3) is 6.71. The fourth-order valence-corrected chi connectivity index (χ4v) is 2.54. The van der Waals surface area contributed by atoms with E-state index in [2.05, 4.69) is 4.74 Å². The minimum atomic E-state index is -4.60. The first-order valence-electron chi connectivity index (χ1n) is 8.86. The van der Waals surface area contributed by atoms with Crippen LogP contribution in [-0.2, 0) is 20.4 Å². The lowest BCUT2D eigenvalue weighted by Gasteiger charge is -2.12. The molecule has 0 atom stereocenters. The minimum absolute atomic E-state index is 0.105. The van der Waals surface area contributed by atoms with E-state index in [-0.39, 0.29) is 29.7 Å². The highest BCUT2D eigenvalue weighted by atomic mass is 35.5. The van der Waals surface area contributed by atoms with Crippen LogP contribution in [0.15, 0.2) is 48.6 Å². The van der Waals surface area contributed by atoms with Gasteiger partial charge < -0.3 is 14.2 Å². The number of esters is 2. The highest BCUT2D eigenvalue weighted by Crippen LogP contribution is 2.37. The maximum atomic E-state index is 12.8. The molecule has 2 aromatic rings. The number of halogens is 4. The Morgan fingerprint density at radius 3 is 2.47 bits per heavy atom. The van der Waals surface area contributed by atoms with Crippen molar-refractivity contribution in [2.75, 3.05) is 13.2 Å². The second kappa shape index (κ2) is 10.6. The molecule has 170 valence electrons. The van der Waals surface area contributed by atoms with Crippen molar-refractivity contribution in [2.45, 2.75) is 13.1 Å². The molecule has 0 aliphatic heterocycles. The minimum Gasteiger partial charge on any atom is -0.463 e. The second-order valence-corrected chi connectivity index (χ2v) is 6.34. The van der Waals surface area contributed by atoms with E-state index in [1.807, 2.05) is 0 Å². The molecule has 32 heavy (non-hydrogen) atoms. The number of nitrogens with zero attached hydrogens (tertiary/aromatic N) is 1. The van der Waals surface area contributed by atoms with E-state index in [4.69, 9.17) is 21.1 Å². The number of hydrogen-bond donors (Lipinski definition) is 0. The molecule has 12 heteroatoms. The molecule has 0 N–H and O–H groups in total. The molecule has 0 radical (unpaired) electrons. The number of carbonyl (C=O) groups excluding carboxylic acids is 2. The molecule has 0 heterocycles. The van der Waals surface area contributed by atoms with Crippen molar-refractivity contribution in [3.63, 3.8) is 0 Å². The van der Waals surface area contributed by atoms with Crippen LogP contribution in [0.3, 0.4) is 0 Å². The van der Waals surface area contributed by atoms with Crippen LogP contribution in [0.25, 0.3) is 0 Å². The number of benzene rings is 2. The van der Waals surface area contributed by atoms with Crippen molar-refractivity contribution in [3.8, 4) is 11.5 Å². The SMILES string of the molecule is CCOC(=O)/C=C/COC(=O)c1cc(Oc2ccc(C(F)(F)F)cc2Cl)ccc1[N+](=O)[O-]. The van der Waals surface area contributed by atoms with Gasteiger partial charge in [0.15, 0.2) is 0 Å². The van der Waals surface area contributed by atoms with Crippen LogP contribution in [-0.4, -0.2) is 30.1 Å². The molecule has 0 unspecified atom stereocenters. The van der Waals surface area contributed by atoms with E-state index in [1.165, 1.54) is 6.08 Å². The van der Waals surface area contributed by atoms with E-state index in [0.29, 0.717) is 6.07 Å². The number of hydrogen-bond acceptors (Lipinski definition) is 7. The first-order chi connectivity index (χ1) is 15.0. The highest BCUT2D eigenvalue weighted by molar-refractivity contribution is 6.32. The zero-order chi connectivity index (χ0) is 23.9. The predicted octanol–water partition coefficient (Wildman–Crippen LogP) is 5.34. The number of ether oxygens (including phenoxy) is 3. The van der Waals surface area contributed by atoms with Gasteiger partial charge in [0.2, 0.25) is 0 Å². The van der Waals surface area contributed by atoms with Crippen molar-refractivity contribution in [3.05, 3.63) is 74.8 Å². The fourth-order valence-electron chi connectivity index (χ4n) is 2.32. The van der Waals surface area contributed by atoms with E-state index in [9.17, 15) is 32.9 Å². The Kier molecular flexibility index (Phi) is 8.19. The lowest BCUT2D eigenvalue weighted by Crippen LogP contribution is -2.09. The Morgan fingerprint density at radius 2 is 1.88 bits per heavy atom. The Morgan fingerprint density at radius 1 is 1.16 bits per heavy atom. The van der Waals surface area contributed by atoms with Crippen molar-refractivity contribution >= 4 is 29.2 Å². The van der Waals surface area contributed by atoms with Gasteiger partial charge in [-0.2, -0.15) is 13.2 Å². The zero-order valence-corrected chi connectivity index (χ0v) is 17.1. The molecule has 0 spiro atoms. The van der Waals surface area contributed by atoms with Gasteiger partial charge in [-0.3, -0.25) is 10.1 Å². The van der Waals surface area contributed by atoms with Crippen molar-refractivity contribution < 1.29 is 41.9 Å². The van der Waals surface area contributed by atoms with Crippen LogP contribution in [0.4, 0.5) is 18.9 Å². The lowest BCUT2D eigenvalue weighted by molar-refractivity contribution is -0.385. The molecule has 0 bridgehead atoms. The van der Waals surface area contributed by atoms with Gasteiger partial charge in [-0.15, -0.1) is 0 Å². The summed E-state index contributed by atoms with van der Waals surface area (Å²) in [6.45, 7) is 1.40. The van der Waals surface area contributed by atoms with Gasteiger partial charge in [0.1, 0.15) is 23.7 Å². The first kappa shape index (κ1) is 24.7. The molecule has 2 rings (SSSR count). The zero-order valence-electron chi connectivity index (χ0n) is 16.3.